The van der Waals surface area contributed by atoms with Crippen LogP contribution in [0.25, 0.3) is 0 Å². The minimum Gasteiger partial charge on any atom is -0.348 e. The van der Waals surface area contributed by atoms with Crippen molar-refractivity contribution in [2.24, 2.45) is 0 Å². The van der Waals surface area contributed by atoms with E-state index in [0.29, 0.717) is 19.6 Å². The van der Waals surface area contributed by atoms with E-state index in [2.05, 4.69) is 16.0 Å². The first-order valence-corrected chi connectivity index (χ1v) is 9.09. The number of urea groups is 1. The van der Waals surface area contributed by atoms with Gasteiger partial charge in [0.2, 0.25) is 5.91 Å². The summed E-state index contributed by atoms with van der Waals surface area (Å²) in [6.45, 7) is 5.26. The van der Waals surface area contributed by atoms with Crippen LogP contribution in [0, 0.1) is 0 Å². The van der Waals surface area contributed by atoms with Crippen molar-refractivity contribution in [3.8, 4) is 0 Å². The molecular formula is C22H27N3O2. The van der Waals surface area contributed by atoms with Gasteiger partial charge in [-0.05, 0) is 37.0 Å². The Bertz CT molecular complexity index is 781. The van der Waals surface area contributed by atoms with Crippen LogP contribution in [0.5, 0.6) is 0 Å². The summed E-state index contributed by atoms with van der Waals surface area (Å²) in [7, 11) is 0. The molecule has 0 saturated carbocycles. The molecule has 0 spiro atoms. The Labute approximate surface area is 160 Å². The van der Waals surface area contributed by atoms with Gasteiger partial charge in [-0.1, -0.05) is 60.2 Å². The number of hydrogen-bond donors (Lipinski definition) is 3. The molecule has 142 valence electrons. The second-order valence-electron chi connectivity index (χ2n) is 6.60. The van der Waals surface area contributed by atoms with Crippen molar-refractivity contribution in [1.82, 2.24) is 16.0 Å². The third kappa shape index (κ3) is 8.23. The maximum atomic E-state index is 11.9. The van der Waals surface area contributed by atoms with Crippen molar-refractivity contribution in [3.63, 3.8) is 0 Å². The van der Waals surface area contributed by atoms with Crippen LogP contribution in [0.3, 0.4) is 0 Å². The monoisotopic (exact) mass is 365 g/mol. The van der Waals surface area contributed by atoms with E-state index in [4.69, 9.17) is 0 Å². The highest BCUT2D eigenvalue weighted by Gasteiger charge is 2.02. The largest absolute Gasteiger partial charge is 0.348 e. The number of allylic oxidation sites excluding steroid dienone is 1. The summed E-state index contributed by atoms with van der Waals surface area (Å²) in [6.07, 6.45) is 2.38. The number of hydrogen-bond acceptors (Lipinski definition) is 2. The predicted molar refractivity (Wildman–Crippen MR) is 108 cm³/mol. The highest BCUT2D eigenvalue weighted by atomic mass is 16.2. The van der Waals surface area contributed by atoms with Gasteiger partial charge in [-0.3, -0.25) is 4.79 Å². The van der Waals surface area contributed by atoms with Crippen LogP contribution < -0.4 is 16.0 Å². The summed E-state index contributed by atoms with van der Waals surface area (Å²) in [5, 5.41) is 8.57. The summed E-state index contributed by atoms with van der Waals surface area (Å²) >= 11 is 0. The van der Waals surface area contributed by atoms with Crippen LogP contribution in [0.2, 0.25) is 0 Å². The first-order valence-electron chi connectivity index (χ1n) is 9.09. The fraction of sp³-hybridized carbons (Fsp3) is 0.273. The van der Waals surface area contributed by atoms with Crippen molar-refractivity contribution in [2.45, 2.75) is 33.4 Å². The average molecular weight is 365 g/mol. The fourth-order valence-corrected chi connectivity index (χ4v) is 2.56. The zero-order chi connectivity index (χ0) is 19.5. The van der Waals surface area contributed by atoms with Gasteiger partial charge in [0, 0.05) is 25.7 Å². The molecule has 0 radical (unpaired) electrons. The Balaban J connectivity index is 1.72. The number of benzene rings is 2. The predicted octanol–water partition coefficient (Wildman–Crippen LogP) is 3.31. The summed E-state index contributed by atoms with van der Waals surface area (Å²) in [4.78, 5) is 23.6. The molecule has 2 rings (SSSR count). The molecule has 0 aromatic heterocycles. The number of carbonyl (C=O) groups is 2. The maximum Gasteiger partial charge on any atom is 0.315 e. The Hall–Kier alpha value is -3.08. The second-order valence-corrected chi connectivity index (χ2v) is 6.60. The summed E-state index contributed by atoms with van der Waals surface area (Å²) in [6, 6.07) is 17.7. The van der Waals surface area contributed by atoms with E-state index in [1.807, 2.05) is 68.4 Å². The third-order valence-electron chi connectivity index (χ3n) is 3.87. The third-order valence-corrected chi connectivity index (χ3v) is 3.87. The Morgan fingerprint density at radius 1 is 0.815 bits per heavy atom. The van der Waals surface area contributed by atoms with Gasteiger partial charge in [0.15, 0.2) is 0 Å². The van der Waals surface area contributed by atoms with Gasteiger partial charge in [0.1, 0.15) is 0 Å². The maximum absolute atomic E-state index is 11.9. The Morgan fingerprint density at radius 2 is 1.44 bits per heavy atom. The van der Waals surface area contributed by atoms with Gasteiger partial charge >= 0.3 is 6.03 Å². The molecule has 27 heavy (non-hydrogen) atoms. The number of amides is 3. The number of rotatable bonds is 8. The van der Waals surface area contributed by atoms with Gasteiger partial charge in [-0.2, -0.15) is 0 Å². The van der Waals surface area contributed by atoms with Crippen molar-refractivity contribution >= 4 is 11.9 Å². The van der Waals surface area contributed by atoms with E-state index in [1.165, 1.54) is 5.56 Å². The van der Waals surface area contributed by atoms with Crippen molar-refractivity contribution in [1.29, 1.82) is 0 Å². The molecule has 2 aromatic carbocycles. The van der Waals surface area contributed by atoms with Crippen LogP contribution >= 0.6 is 0 Å². The van der Waals surface area contributed by atoms with Gasteiger partial charge in [-0.15, -0.1) is 0 Å². The molecule has 3 N–H and O–H groups in total. The molecule has 0 atom stereocenters. The number of nitrogens with one attached hydrogen (secondary N) is 3. The normalized spacial score (nSPS) is 10.0. The lowest BCUT2D eigenvalue weighted by Crippen LogP contribution is -2.36. The zero-order valence-corrected chi connectivity index (χ0v) is 15.9. The highest BCUT2D eigenvalue weighted by Crippen LogP contribution is 2.05. The second kappa shape index (κ2) is 10.8. The molecule has 2 aromatic rings. The summed E-state index contributed by atoms with van der Waals surface area (Å²) in [5.74, 6) is -0.101. The average Bonchev–Trinajstić information content (AvgIpc) is 2.65. The van der Waals surface area contributed by atoms with Crippen LogP contribution in [0.4, 0.5) is 4.79 Å². The van der Waals surface area contributed by atoms with E-state index in [9.17, 15) is 9.59 Å². The molecule has 0 unspecified atom stereocenters. The SMILES string of the molecule is CC(C)=CC(=O)NCc1cccc(CNC(=O)NCCc2ccccc2)c1. The molecule has 0 heterocycles. The van der Waals surface area contributed by atoms with Gasteiger partial charge < -0.3 is 16.0 Å². The van der Waals surface area contributed by atoms with Crippen molar-refractivity contribution in [2.75, 3.05) is 6.54 Å². The van der Waals surface area contributed by atoms with Gasteiger partial charge in [-0.25, -0.2) is 4.79 Å². The lowest BCUT2D eigenvalue weighted by Gasteiger charge is -2.09. The Kier molecular flexibility index (Phi) is 8.10. The molecule has 0 fully saturated rings. The van der Waals surface area contributed by atoms with E-state index in [0.717, 1.165) is 23.1 Å². The molecule has 5 heteroatoms. The van der Waals surface area contributed by atoms with Crippen LogP contribution in [0.15, 0.2) is 66.2 Å². The van der Waals surface area contributed by atoms with Crippen molar-refractivity contribution in [3.05, 3.63) is 82.9 Å². The standard InChI is InChI=1S/C22H27N3O2/c1-17(2)13-21(26)24-15-19-9-6-10-20(14-19)16-25-22(27)23-12-11-18-7-4-3-5-8-18/h3-10,13-14H,11-12,15-16H2,1-2H3,(H,24,26)(H2,23,25,27). The van der Waals surface area contributed by atoms with Crippen LogP contribution in [-0.4, -0.2) is 18.5 Å². The first kappa shape index (κ1) is 20.2. The van der Waals surface area contributed by atoms with E-state index in [-0.39, 0.29) is 11.9 Å². The molecule has 0 bridgehead atoms. The lowest BCUT2D eigenvalue weighted by atomic mass is 10.1. The molecule has 0 aliphatic heterocycles. The Morgan fingerprint density at radius 3 is 2.11 bits per heavy atom. The van der Waals surface area contributed by atoms with Crippen LogP contribution in [0.1, 0.15) is 30.5 Å². The van der Waals surface area contributed by atoms with Crippen molar-refractivity contribution < 1.29 is 9.59 Å². The summed E-state index contributed by atoms with van der Waals surface area (Å²) < 4.78 is 0. The molecule has 0 aliphatic rings. The zero-order valence-electron chi connectivity index (χ0n) is 15.9. The lowest BCUT2D eigenvalue weighted by molar-refractivity contribution is -0.116. The number of carbonyl (C=O) groups excluding carboxylic acids is 2. The molecule has 0 saturated heterocycles. The minimum absolute atomic E-state index is 0.101. The van der Waals surface area contributed by atoms with E-state index < -0.39 is 0 Å². The smallest absolute Gasteiger partial charge is 0.315 e. The minimum atomic E-state index is -0.187. The first-order chi connectivity index (χ1) is 13.0. The topological polar surface area (TPSA) is 70.2 Å². The van der Waals surface area contributed by atoms with Crippen LogP contribution in [-0.2, 0) is 24.3 Å². The fourth-order valence-electron chi connectivity index (χ4n) is 2.56. The molecule has 5 nitrogen and oxygen atoms in total. The molecule has 0 aliphatic carbocycles. The molecular weight excluding hydrogens is 338 g/mol. The van der Waals surface area contributed by atoms with E-state index in [1.54, 1.807) is 6.08 Å². The van der Waals surface area contributed by atoms with Gasteiger partial charge in [0.25, 0.3) is 0 Å². The van der Waals surface area contributed by atoms with E-state index >= 15 is 0 Å². The van der Waals surface area contributed by atoms with Gasteiger partial charge in [0.05, 0.1) is 0 Å². The quantitative estimate of drug-likeness (QED) is 0.628. The molecule has 3 amide bonds. The summed E-state index contributed by atoms with van der Waals surface area (Å²) in [5.41, 5.74) is 4.14. The highest BCUT2D eigenvalue weighted by molar-refractivity contribution is 5.87.